The number of pyridine rings is 1. The van der Waals surface area contributed by atoms with Gasteiger partial charge in [-0.3, -0.25) is 4.98 Å². The van der Waals surface area contributed by atoms with E-state index < -0.39 is 12.2 Å². The highest BCUT2D eigenvalue weighted by atomic mass is 16.5. The lowest BCUT2D eigenvalue weighted by molar-refractivity contribution is 0.0297. The van der Waals surface area contributed by atoms with Gasteiger partial charge >= 0.3 is 0 Å². The predicted octanol–water partition coefficient (Wildman–Crippen LogP) is 2.61. The van der Waals surface area contributed by atoms with E-state index >= 15 is 0 Å². The molecule has 2 aromatic carbocycles. The second-order valence-electron chi connectivity index (χ2n) is 7.12. The van der Waals surface area contributed by atoms with Crippen LogP contribution in [0, 0.1) is 0 Å². The van der Waals surface area contributed by atoms with Crippen molar-refractivity contribution in [2.75, 3.05) is 7.11 Å². The fourth-order valence-electron chi connectivity index (χ4n) is 3.93. The van der Waals surface area contributed by atoms with Crippen molar-refractivity contribution in [3.8, 4) is 5.75 Å². The maximum absolute atomic E-state index is 10.5. The Morgan fingerprint density at radius 1 is 1.11 bits per heavy atom. The molecule has 0 aliphatic heterocycles. The number of hydrogen-bond acceptors (Lipinski definition) is 5. The summed E-state index contributed by atoms with van der Waals surface area (Å²) in [6, 6.07) is 17.7. The highest BCUT2D eigenvalue weighted by Gasteiger charge is 2.41. The first-order chi connectivity index (χ1) is 13.2. The summed E-state index contributed by atoms with van der Waals surface area (Å²) in [6.07, 6.45) is 0.853. The molecule has 140 valence electrons. The van der Waals surface area contributed by atoms with Crippen molar-refractivity contribution in [1.29, 1.82) is 0 Å². The number of ether oxygens (including phenoxy) is 1. The first kappa shape index (κ1) is 17.9. The minimum absolute atomic E-state index is 0.0364. The van der Waals surface area contributed by atoms with Crippen LogP contribution in [0.3, 0.4) is 0 Å². The van der Waals surface area contributed by atoms with E-state index in [1.54, 1.807) is 7.11 Å². The smallest absolute Gasteiger partial charge is 0.118 e. The van der Waals surface area contributed by atoms with E-state index in [1.165, 1.54) is 0 Å². The molecule has 1 aliphatic carbocycles. The quantitative estimate of drug-likeness (QED) is 0.649. The molecule has 1 heterocycles. The maximum atomic E-state index is 10.5. The number of nitrogens with one attached hydrogen (secondary N) is 1. The molecule has 3 aromatic rings. The molecule has 1 saturated carbocycles. The maximum Gasteiger partial charge on any atom is 0.118 e. The van der Waals surface area contributed by atoms with Gasteiger partial charge < -0.3 is 20.3 Å². The van der Waals surface area contributed by atoms with Crippen LogP contribution in [0.25, 0.3) is 10.9 Å². The number of nitrogens with zero attached hydrogens (tertiary/aromatic N) is 1. The third kappa shape index (κ3) is 3.67. The first-order valence-corrected chi connectivity index (χ1v) is 9.23. The van der Waals surface area contributed by atoms with Crippen LogP contribution in [0.1, 0.15) is 23.5 Å². The summed E-state index contributed by atoms with van der Waals surface area (Å²) in [6.45, 7) is 0.582. The van der Waals surface area contributed by atoms with Crippen LogP contribution in [0.2, 0.25) is 0 Å². The third-order valence-electron chi connectivity index (χ3n) is 5.42. The molecule has 0 amide bonds. The molecule has 27 heavy (non-hydrogen) atoms. The second-order valence-corrected chi connectivity index (χ2v) is 7.12. The minimum Gasteiger partial charge on any atom is -0.497 e. The highest BCUT2D eigenvalue weighted by molar-refractivity contribution is 5.78. The molecule has 3 N–H and O–H groups in total. The van der Waals surface area contributed by atoms with Crippen molar-refractivity contribution >= 4 is 10.9 Å². The van der Waals surface area contributed by atoms with E-state index in [-0.39, 0.29) is 12.0 Å². The number of benzene rings is 2. The van der Waals surface area contributed by atoms with Crippen LogP contribution in [-0.4, -0.2) is 40.6 Å². The molecular formula is C22H24N2O3. The van der Waals surface area contributed by atoms with Crippen molar-refractivity contribution < 1.29 is 14.9 Å². The molecule has 0 saturated heterocycles. The SMILES string of the molecule is COc1ccc([C@H]2C[C@@H](O)[C@@H](O)[C@@H]2NCc2cnc3ccccc3c2)cc1. The highest BCUT2D eigenvalue weighted by Crippen LogP contribution is 2.36. The average Bonchev–Trinajstić information content (AvgIpc) is 3.00. The van der Waals surface area contributed by atoms with Gasteiger partial charge in [-0.2, -0.15) is 0 Å². The third-order valence-corrected chi connectivity index (χ3v) is 5.42. The van der Waals surface area contributed by atoms with Crippen molar-refractivity contribution in [2.24, 2.45) is 0 Å². The molecule has 0 radical (unpaired) electrons. The Bertz CT molecular complexity index is 913. The Kier molecular flexibility index (Phi) is 5.07. The predicted molar refractivity (Wildman–Crippen MR) is 105 cm³/mol. The first-order valence-electron chi connectivity index (χ1n) is 9.23. The number of aliphatic hydroxyl groups is 2. The molecule has 0 spiro atoms. The van der Waals surface area contributed by atoms with Crippen molar-refractivity contribution in [1.82, 2.24) is 10.3 Å². The van der Waals surface area contributed by atoms with E-state index in [0.29, 0.717) is 13.0 Å². The van der Waals surface area contributed by atoms with Gasteiger partial charge in [0.25, 0.3) is 0 Å². The molecule has 4 rings (SSSR count). The zero-order valence-electron chi connectivity index (χ0n) is 15.2. The summed E-state index contributed by atoms with van der Waals surface area (Å²) in [4.78, 5) is 4.49. The fourth-order valence-corrected chi connectivity index (χ4v) is 3.93. The molecule has 1 aromatic heterocycles. The van der Waals surface area contributed by atoms with Crippen LogP contribution in [0.15, 0.2) is 60.8 Å². The number of aromatic nitrogens is 1. The van der Waals surface area contributed by atoms with E-state index in [1.807, 2.05) is 54.7 Å². The number of para-hydroxylation sites is 1. The zero-order chi connectivity index (χ0) is 18.8. The van der Waals surface area contributed by atoms with Crippen LogP contribution >= 0.6 is 0 Å². The van der Waals surface area contributed by atoms with Crippen LogP contribution in [-0.2, 0) is 6.54 Å². The summed E-state index contributed by atoms with van der Waals surface area (Å²) < 4.78 is 5.22. The van der Waals surface area contributed by atoms with Gasteiger partial charge in [0.2, 0.25) is 0 Å². The van der Waals surface area contributed by atoms with Gasteiger partial charge in [-0.15, -0.1) is 0 Å². The van der Waals surface area contributed by atoms with Crippen molar-refractivity contribution in [2.45, 2.75) is 37.1 Å². The number of fused-ring (bicyclic) bond motifs is 1. The Labute approximate surface area is 158 Å². The van der Waals surface area contributed by atoms with E-state index in [0.717, 1.165) is 27.8 Å². The van der Waals surface area contributed by atoms with Gasteiger partial charge in [-0.1, -0.05) is 30.3 Å². The average molecular weight is 364 g/mol. The number of rotatable bonds is 5. The summed E-state index contributed by atoms with van der Waals surface area (Å²) in [5.74, 6) is 0.832. The molecule has 1 aliphatic rings. The minimum atomic E-state index is -0.800. The summed E-state index contributed by atoms with van der Waals surface area (Å²) in [5, 5.41) is 25.2. The molecule has 5 nitrogen and oxygen atoms in total. The Hall–Kier alpha value is -2.47. The van der Waals surface area contributed by atoms with Crippen molar-refractivity contribution in [3.63, 3.8) is 0 Å². The molecule has 5 heteroatoms. The van der Waals surface area contributed by atoms with E-state index in [9.17, 15) is 10.2 Å². The molecule has 0 bridgehead atoms. The lowest BCUT2D eigenvalue weighted by Gasteiger charge is -2.24. The second kappa shape index (κ2) is 7.64. The normalized spacial score (nSPS) is 25.0. The number of hydrogen-bond donors (Lipinski definition) is 3. The number of aliphatic hydroxyl groups excluding tert-OH is 2. The Morgan fingerprint density at radius 2 is 1.89 bits per heavy atom. The van der Waals surface area contributed by atoms with Gasteiger partial charge in [0.1, 0.15) is 5.75 Å². The monoisotopic (exact) mass is 364 g/mol. The molecule has 4 atom stereocenters. The standard InChI is InChI=1S/C22H24N2O3/c1-27-17-8-6-15(7-9-17)18-11-20(25)22(26)21(18)24-13-14-10-16-4-2-3-5-19(16)23-12-14/h2-10,12,18,20-22,24-26H,11,13H2,1H3/t18-,20-,21-,22-/m1/s1. The van der Waals surface area contributed by atoms with E-state index in [2.05, 4.69) is 16.4 Å². The van der Waals surface area contributed by atoms with Crippen LogP contribution < -0.4 is 10.1 Å². The van der Waals surface area contributed by atoms with Gasteiger partial charge in [0.05, 0.1) is 24.8 Å². The summed E-state index contributed by atoms with van der Waals surface area (Å²) >= 11 is 0. The van der Waals surface area contributed by atoms with Gasteiger partial charge in [-0.25, -0.2) is 0 Å². The summed E-state index contributed by atoms with van der Waals surface area (Å²) in [5.41, 5.74) is 3.10. The van der Waals surface area contributed by atoms with Gasteiger partial charge in [0, 0.05) is 30.1 Å². The summed E-state index contributed by atoms with van der Waals surface area (Å²) in [7, 11) is 1.64. The molecule has 0 unspecified atom stereocenters. The zero-order valence-corrected chi connectivity index (χ0v) is 15.2. The Morgan fingerprint density at radius 3 is 2.67 bits per heavy atom. The largest absolute Gasteiger partial charge is 0.497 e. The lowest BCUT2D eigenvalue weighted by Crippen LogP contribution is -2.41. The number of methoxy groups -OCH3 is 1. The van der Waals surface area contributed by atoms with Gasteiger partial charge in [0.15, 0.2) is 0 Å². The van der Waals surface area contributed by atoms with Gasteiger partial charge in [-0.05, 0) is 41.8 Å². The Balaban J connectivity index is 1.51. The topological polar surface area (TPSA) is 74.6 Å². The fraction of sp³-hybridized carbons (Fsp3) is 0.318. The lowest BCUT2D eigenvalue weighted by atomic mass is 9.93. The molecule has 1 fully saturated rings. The van der Waals surface area contributed by atoms with Crippen LogP contribution in [0.5, 0.6) is 5.75 Å². The van der Waals surface area contributed by atoms with Crippen molar-refractivity contribution in [3.05, 3.63) is 71.9 Å². The molecular weight excluding hydrogens is 340 g/mol. The van der Waals surface area contributed by atoms with Crippen LogP contribution in [0.4, 0.5) is 0 Å². The van der Waals surface area contributed by atoms with E-state index in [4.69, 9.17) is 4.74 Å².